The molecular weight excluding hydrogens is 268 g/mol. The molecule has 0 aliphatic rings. The third-order valence-corrected chi connectivity index (χ3v) is 3.47. The fourth-order valence-electron chi connectivity index (χ4n) is 1.44. The second-order valence-corrected chi connectivity index (χ2v) is 5.50. The lowest BCUT2D eigenvalue weighted by atomic mass is 10.2. The lowest BCUT2D eigenvalue weighted by Crippen LogP contribution is -2.12. The highest BCUT2D eigenvalue weighted by Gasteiger charge is 2.07. The van der Waals surface area contributed by atoms with Crippen molar-refractivity contribution in [3.8, 4) is 0 Å². The summed E-state index contributed by atoms with van der Waals surface area (Å²) in [5.74, 6) is 1.79. The number of hydrogen-bond acceptors (Lipinski definition) is 5. The molecule has 0 unspecified atom stereocenters. The van der Waals surface area contributed by atoms with Crippen LogP contribution in [0.3, 0.4) is 0 Å². The summed E-state index contributed by atoms with van der Waals surface area (Å²) < 4.78 is 0. The van der Waals surface area contributed by atoms with E-state index in [1.165, 1.54) is 0 Å². The summed E-state index contributed by atoms with van der Waals surface area (Å²) in [5.41, 5.74) is 7.48. The van der Waals surface area contributed by atoms with Gasteiger partial charge in [0.15, 0.2) is 5.82 Å². The van der Waals surface area contributed by atoms with Crippen molar-refractivity contribution in [2.45, 2.75) is 47.0 Å². The van der Waals surface area contributed by atoms with Gasteiger partial charge in [-0.25, -0.2) is 4.99 Å². The average molecular weight is 296 g/mol. The molecule has 114 valence electrons. The summed E-state index contributed by atoms with van der Waals surface area (Å²) in [4.78, 5) is 9.05. The lowest BCUT2D eigenvalue weighted by molar-refractivity contribution is 0.925. The highest BCUT2D eigenvalue weighted by molar-refractivity contribution is 8.13. The largest absolute Gasteiger partial charge is 0.397 e. The summed E-state index contributed by atoms with van der Waals surface area (Å²) in [5, 5.41) is 4.12. The van der Waals surface area contributed by atoms with Gasteiger partial charge in [0, 0.05) is 13.3 Å². The van der Waals surface area contributed by atoms with E-state index in [4.69, 9.17) is 5.73 Å². The van der Waals surface area contributed by atoms with Crippen LogP contribution in [0.5, 0.6) is 0 Å². The molecule has 0 heterocycles. The Bertz CT molecular complexity index is 395. The van der Waals surface area contributed by atoms with E-state index < -0.39 is 0 Å². The first-order chi connectivity index (χ1) is 9.60. The Balaban J connectivity index is 5.47. The maximum atomic E-state index is 6.09. The molecule has 0 saturated carbocycles. The molecule has 0 aromatic rings. The Labute approximate surface area is 127 Å². The van der Waals surface area contributed by atoms with E-state index in [0.717, 1.165) is 35.9 Å². The van der Waals surface area contributed by atoms with E-state index in [9.17, 15) is 0 Å². The fraction of sp³-hybridized carbons (Fsp3) is 0.600. The van der Waals surface area contributed by atoms with Gasteiger partial charge >= 0.3 is 0 Å². The Morgan fingerprint density at radius 2 is 1.95 bits per heavy atom. The standard InChI is InChI=1S/C15H28N4S/c1-6-9-13(16)14(18-10-7-2)15(17-5)19-12(4)20-11-8-3/h9-10,17H,6-8,11,16H2,1-5H3/b13-9+,15-14+,18-10?,19-12+. The van der Waals surface area contributed by atoms with Crippen LogP contribution < -0.4 is 11.1 Å². The van der Waals surface area contributed by atoms with Crippen molar-refractivity contribution >= 4 is 23.0 Å². The molecule has 0 spiro atoms. The van der Waals surface area contributed by atoms with Crippen LogP contribution in [0.2, 0.25) is 0 Å². The molecule has 0 bridgehead atoms. The summed E-state index contributed by atoms with van der Waals surface area (Å²) in [6.45, 7) is 8.27. The second kappa shape index (κ2) is 11.6. The summed E-state index contributed by atoms with van der Waals surface area (Å²) >= 11 is 1.75. The fourth-order valence-corrected chi connectivity index (χ4v) is 2.09. The molecule has 0 aliphatic heterocycles. The topological polar surface area (TPSA) is 62.8 Å². The molecule has 4 nitrogen and oxygen atoms in total. The van der Waals surface area contributed by atoms with Gasteiger partial charge in [-0.2, -0.15) is 0 Å². The van der Waals surface area contributed by atoms with Gasteiger partial charge in [-0.1, -0.05) is 26.8 Å². The van der Waals surface area contributed by atoms with Crippen LogP contribution in [0.4, 0.5) is 0 Å². The van der Waals surface area contributed by atoms with E-state index >= 15 is 0 Å². The zero-order valence-corrected chi connectivity index (χ0v) is 14.2. The van der Waals surface area contributed by atoms with Crippen molar-refractivity contribution in [1.29, 1.82) is 0 Å². The van der Waals surface area contributed by atoms with Crippen molar-refractivity contribution < 1.29 is 0 Å². The maximum Gasteiger partial charge on any atom is 0.154 e. The Morgan fingerprint density at radius 1 is 1.25 bits per heavy atom. The third-order valence-electron chi connectivity index (χ3n) is 2.35. The molecule has 0 aromatic carbocycles. The van der Waals surface area contributed by atoms with E-state index in [1.807, 2.05) is 33.2 Å². The quantitative estimate of drug-likeness (QED) is 0.408. The number of nitrogens with one attached hydrogen (secondary N) is 1. The van der Waals surface area contributed by atoms with Crippen LogP contribution in [-0.2, 0) is 0 Å². The van der Waals surface area contributed by atoms with Gasteiger partial charge in [0.1, 0.15) is 5.70 Å². The number of hydrogen-bond donors (Lipinski definition) is 2. The van der Waals surface area contributed by atoms with E-state index in [0.29, 0.717) is 11.4 Å². The minimum atomic E-state index is 0.665. The highest BCUT2D eigenvalue weighted by atomic mass is 32.2. The van der Waals surface area contributed by atoms with Crippen molar-refractivity contribution in [2.24, 2.45) is 15.7 Å². The van der Waals surface area contributed by atoms with Crippen molar-refractivity contribution in [1.82, 2.24) is 5.32 Å². The van der Waals surface area contributed by atoms with Crippen LogP contribution in [0, 0.1) is 0 Å². The van der Waals surface area contributed by atoms with Gasteiger partial charge in [-0.15, -0.1) is 11.8 Å². The Morgan fingerprint density at radius 3 is 2.45 bits per heavy atom. The minimum Gasteiger partial charge on any atom is -0.397 e. The van der Waals surface area contributed by atoms with E-state index in [-0.39, 0.29) is 0 Å². The van der Waals surface area contributed by atoms with E-state index in [1.54, 1.807) is 11.8 Å². The molecule has 20 heavy (non-hydrogen) atoms. The first-order valence-electron chi connectivity index (χ1n) is 7.19. The van der Waals surface area contributed by atoms with Gasteiger partial charge in [0.25, 0.3) is 0 Å². The molecule has 0 rings (SSSR count). The second-order valence-electron chi connectivity index (χ2n) is 4.21. The molecule has 0 aromatic heterocycles. The Hall–Kier alpha value is -1.23. The minimum absolute atomic E-state index is 0.665. The maximum absolute atomic E-state index is 6.09. The van der Waals surface area contributed by atoms with Crippen molar-refractivity contribution in [3.05, 3.63) is 23.3 Å². The number of rotatable bonds is 8. The third kappa shape index (κ3) is 7.38. The molecule has 5 heteroatoms. The molecule has 0 aliphatic carbocycles. The zero-order valence-electron chi connectivity index (χ0n) is 13.4. The zero-order chi connectivity index (χ0) is 15.4. The monoisotopic (exact) mass is 296 g/mol. The summed E-state index contributed by atoms with van der Waals surface area (Å²) in [6.07, 6.45) is 6.69. The SMILES string of the molecule is CCC=NC(/C(N)=C\CC)=C(/N=C(\C)SCCC)NC. The van der Waals surface area contributed by atoms with Gasteiger partial charge in [-0.3, -0.25) is 4.99 Å². The number of nitrogens with two attached hydrogens (primary N) is 1. The van der Waals surface area contributed by atoms with Crippen molar-refractivity contribution in [3.63, 3.8) is 0 Å². The normalized spacial score (nSPS) is 14.7. The van der Waals surface area contributed by atoms with Gasteiger partial charge < -0.3 is 11.1 Å². The van der Waals surface area contributed by atoms with Crippen LogP contribution >= 0.6 is 11.8 Å². The van der Waals surface area contributed by atoms with Gasteiger partial charge in [0.05, 0.1) is 10.7 Å². The molecule has 0 amide bonds. The molecule has 0 atom stereocenters. The summed E-state index contributed by atoms with van der Waals surface area (Å²) in [6, 6.07) is 0. The molecule has 3 N–H and O–H groups in total. The predicted molar refractivity (Wildman–Crippen MR) is 93.3 cm³/mol. The van der Waals surface area contributed by atoms with Crippen molar-refractivity contribution in [2.75, 3.05) is 12.8 Å². The lowest BCUT2D eigenvalue weighted by Gasteiger charge is -2.09. The highest BCUT2D eigenvalue weighted by Crippen LogP contribution is 2.15. The number of nitrogens with zero attached hydrogens (tertiary/aromatic N) is 2. The van der Waals surface area contributed by atoms with Crippen LogP contribution in [-0.4, -0.2) is 24.1 Å². The average Bonchev–Trinajstić information content (AvgIpc) is 2.44. The van der Waals surface area contributed by atoms with Gasteiger partial charge in [-0.05, 0) is 31.9 Å². The number of thioether (sulfide) groups is 1. The van der Waals surface area contributed by atoms with Crippen LogP contribution in [0.25, 0.3) is 0 Å². The van der Waals surface area contributed by atoms with Crippen LogP contribution in [0.1, 0.15) is 47.0 Å². The smallest absolute Gasteiger partial charge is 0.154 e. The molecule has 0 fully saturated rings. The van der Waals surface area contributed by atoms with Gasteiger partial charge in [0.2, 0.25) is 0 Å². The Kier molecular flexibility index (Phi) is 10.9. The number of allylic oxidation sites excluding steroid dienone is 1. The van der Waals surface area contributed by atoms with Crippen LogP contribution in [0.15, 0.2) is 33.3 Å². The molecule has 0 saturated heterocycles. The first-order valence-corrected chi connectivity index (χ1v) is 8.17. The first kappa shape index (κ1) is 18.8. The molecule has 0 radical (unpaired) electrons. The van der Waals surface area contributed by atoms with E-state index in [2.05, 4.69) is 29.1 Å². The summed E-state index contributed by atoms with van der Waals surface area (Å²) in [7, 11) is 1.84. The molecular formula is C15H28N4S. The number of aliphatic imine (C=N–C) groups is 2. The predicted octanol–water partition coefficient (Wildman–Crippen LogP) is 3.67.